The average molecular weight is 610 g/mol. The van der Waals surface area contributed by atoms with E-state index in [2.05, 4.69) is 60.6 Å². The number of likely N-dealkylation sites (tertiary alicyclic amines) is 1. The second-order valence-electron chi connectivity index (χ2n) is 13.2. The molecule has 6 unspecified atom stereocenters. The van der Waals surface area contributed by atoms with Gasteiger partial charge in [0.15, 0.2) is 0 Å². The minimum absolute atomic E-state index is 0.0322. The van der Waals surface area contributed by atoms with Crippen LogP contribution in [0.5, 0.6) is 0 Å². The number of hydrogen-bond donors (Lipinski definition) is 4. The molecule has 45 heavy (non-hydrogen) atoms. The Hall–Kier alpha value is -4.16. The van der Waals surface area contributed by atoms with E-state index in [4.69, 9.17) is 10.7 Å². The SMILES string of the molecule is C=C(NC)c1ccc2c(c1)CCc1cc(C(=O)NC)ccc1C2(CC(C)NCC(=O)N1C(C#N)CC2C(C)C21)C(N)=NC(C)C. The number of amidine groups is 1. The van der Waals surface area contributed by atoms with E-state index in [1.165, 1.54) is 0 Å². The van der Waals surface area contributed by atoms with Gasteiger partial charge in [0.25, 0.3) is 5.91 Å². The molecule has 2 amide bonds. The van der Waals surface area contributed by atoms with Crippen LogP contribution in [-0.4, -0.2) is 67.4 Å². The molecule has 0 spiro atoms. The molecule has 0 bridgehead atoms. The summed E-state index contributed by atoms with van der Waals surface area (Å²) in [5, 5.41) is 19.1. The zero-order chi connectivity index (χ0) is 32.6. The number of piperidine rings is 1. The minimum atomic E-state index is -0.819. The monoisotopic (exact) mass is 609 g/mol. The van der Waals surface area contributed by atoms with Gasteiger partial charge in [-0.1, -0.05) is 31.7 Å². The van der Waals surface area contributed by atoms with E-state index in [0.29, 0.717) is 29.7 Å². The molecule has 1 aliphatic heterocycles. The molecule has 2 aromatic carbocycles. The first-order valence-corrected chi connectivity index (χ1v) is 16.1. The molecule has 238 valence electrons. The van der Waals surface area contributed by atoms with Crippen LogP contribution < -0.4 is 21.7 Å². The molecule has 9 nitrogen and oxygen atoms in total. The highest BCUT2D eigenvalue weighted by Gasteiger charge is 2.60. The largest absolute Gasteiger partial charge is 0.388 e. The maximum Gasteiger partial charge on any atom is 0.251 e. The van der Waals surface area contributed by atoms with Gasteiger partial charge in [-0.2, -0.15) is 5.26 Å². The number of nitriles is 1. The van der Waals surface area contributed by atoms with Crippen molar-refractivity contribution in [1.82, 2.24) is 20.9 Å². The van der Waals surface area contributed by atoms with Crippen LogP contribution in [0, 0.1) is 23.2 Å². The Morgan fingerprint density at radius 1 is 1.09 bits per heavy atom. The zero-order valence-electron chi connectivity index (χ0n) is 27.4. The Balaban J connectivity index is 1.57. The standard InChI is InChI=1S/C36H47N7O2/c1-20(2)42-35(38)36(17-21(3)41-19-32(44)43-28(18-37)16-29-22(4)33(29)43)30-12-10-24(23(5)39-6)14-25(30)8-9-26-15-27(34(45)40-7)11-13-31(26)36/h10-15,20-22,28-29,33,39,41H,5,8-9,16-17,19H2,1-4,6-7H3,(H2,38,42)(H,40,45). The molecular formula is C36H47N7O2. The number of amides is 2. The summed E-state index contributed by atoms with van der Waals surface area (Å²) in [6.07, 6.45) is 2.79. The Labute approximate surface area is 267 Å². The van der Waals surface area contributed by atoms with Gasteiger partial charge < -0.3 is 26.6 Å². The van der Waals surface area contributed by atoms with Crippen molar-refractivity contribution < 1.29 is 9.59 Å². The first-order chi connectivity index (χ1) is 21.5. The molecule has 1 saturated heterocycles. The van der Waals surface area contributed by atoms with E-state index >= 15 is 0 Å². The van der Waals surface area contributed by atoms with Gasteiger partial charge in [-0.05, 0) is 104 Å². The molecule has 0 aromatic heterocycles. The number of hydrogen-bond acceptors (Lipinski definition) is 6. The van der Waals surface area contributed by atoms with E-state index in [1.54, 1.807) is 7.05 Å². The smallest absolute Gasteiger partial charge is 0.251 e. The van der Waals surface area contributed by atoms with Crippen LogP contribution in [0.3, 0.4) is 0 Å². The Morgan fingerprint density at radius 3 is 2.29 bits per heavy atom. The van der Waals surface area contributed by atoms with Crippen LogP contribution in [0.2, 0.25) is 0 Å². The fourth-order valence-electron chi connectivity index (χ4n) is 7.71. The summed E-state index contributed by atoms with van der Waals surface area (Å²) >= 11 is 0. The molecule has 0 radical (unpaired) electrons. The zero-order valence-corrected chi connectivity index (χ0v) is 27.4. The van der Waals surface area contributed by atoms with Crippen LogP contribution in [0.4, 0.5) is 0 Å². The number of rotatable bonds is 10. The molecule has 1 heterocycles. The van der Waals surface area contributed by atoms with Crippen LogP contribution in [0.1, 0.15) is 78.7 Å². The molecule has 1 saturated carbocycles. The maximum atomic E-state index is 13.5. The van der Waals surface area contributed by atoms with Gasteiger partial charge in [0.1, 0.15) is 11.9 Å². The lowest BCUT2D eigenvalue weighted by atomic mass is 9.67. The highest BCUT2D eigenvalue weighted by molar-refractivity contribution is 5.98. The lowest BCUT2D eigenvalue weighted by Crippen LogP contribution is -2.50. The van der Waals surface area contributed by atoms with E-state index in [-0.39, 0.29) is 42.5 Å². The van der Waals surface area contributed by atoms with Gasteiger partial charge >= 0.3 is 0 Å². The number of nitrogens with zero attached hydrogens (tertiary/aromatic N) is 3. The molecule has 2 aromatic rings. The van der Waals surface area contributed by atoms with Crippen molar-refractivity contribution in [2.75, 3.05) is 20.6 Å². The van der Waals surface area contributed by atoms with Gasteiger partial charge in [-0.15, -0.1) is 0 Å². The molecule has 5 N–H and O–H groups in total. The molecule has 2 fully saturated rings. The molecule has 2 aliphatic carbocycles. The van der Waals surface area contributed by atoms with Crippen molar-refractivity contribution in [3.05, 3.63) is 76.4 Å². The number of aliphatic imine (C=N–C) groups is 1. The molecule has 3 aliphatic rings. The lowest BCUT2D eigenvalue weighted by Gasteiger charge is -2.39. The van der Waals surface area contributed by atoms with Gasteiger partial charge in [-0.25, -0.2) is 0 Å². The van der Waals surface area contributed by atoms with Crippen molar-refractivity contribution in [2.45, 2.75) is 83.0 Å². The average Bonchev–Trinajstić information content (AvgIpc) is 3.51. The number of benzene rings is 2. The first-order valence-electron chi connectivity index (χ1n) is 16.1. The molecule has 5 rings (SSSR count). The van der Waals surface area contributed by atoms with Crippen LogP contribution in [0.25, 0.3) is 5.70 Å². The Morgan fingerprint density at radius 2 is 1.71 bits per heavy atom. The predicted molar refractivity (Wildman–Crippen MR) is 179 cm³/mol. The minimum Gasteiger partial charge on any atom is -0.388 e. The summed E-state index contributed by atoms with van der Waals surface area (Å²) in [7, 11) is 3.50. The molecule has 9 heteroatoms. The van der Waals surface area contributed by atoms with Crippen molar-refractivity contribution >= 4 is 23.3 Å². The summed E-state index contributed by atoms with van der Waals surface area (Å²) < 4.78 is 0. The fourth-order valence-corrected chi connectivity index (χ4v) is 7.71. The summed E-state index contributed by atoms with van der Waals surface area (Å²) in [6.45, 7) is 12.6. The molecule has 6 atom stereocenters. The molecular weight excluding hydrogens is 562 g/mol. The van der Waals surface area contributed by atoms with E-state index in [0.717, 1.165) is 52.8 Å². The van der Waals surface area contributed by atoms with Crippen molar-refractivity contribution in [2.24, 2.45) is 22.6 Å². The third kappa shape index (κ3) is 5.84. The number of nitrogens with two attached hydrogens (primary N) is 1. The summed E-state index contributed by atoms with van der Waals surface area (Å²) in [4.78, 5) is 32.9. The predicted octanol–water partition coefficient (Wildman–Crippen LogP) is 3.51. The van der Waals surface area contributed by atoms with Crippen LogP contribution >= 0.6 is 0 Å². The third-order valence-corrected chi connectivity index (χ3v) is 10.1. The van der Waals surface area contributed by atoms with Gasteiger partial charge in [-0.3, -0.25) is 14.6 Å². The van der Waals surface area contributed by atoms with Crippen molar-refractivity contribution in [3.8, 4) is 6.07 Å². The first kappa shape index (κ1) is 32.2. The van der Waals surface area contributed by atoms with E-state index in [1.807, 2.05) is 44.0 Å². The third-order valence-electron chi connectivity index (χ3n) is 10.1. The number of aryl methyl sites for hydroxylation is 2. The van der Waals surface area contributed by atoms with Gasteiger partial charge in [0.05, 0.1) is 18.0 Å². The van der Waals surface area contributed by atoms with Crippen LogP contribution in [0.15, 0.2) is 48.0 Å². The van der Waals surface area contributed by atoms with Crippen molar-refractivity contribution in [3.63, 3.8) is 0 Å². The van der Waals surface area contributed by atoms with Gasteiger partial charge in [0, 0.05) is 43.5 Å². The second-order valence-corrected chi connectivity index (χ2v) is 13.2. The maximum absolute atomic E-state index is 13.5. The summed E-state index contributed by atoms with van der Waals surface area (Å²) in [6, 6.07) is 14.3. The quantitative estimate of drug-likeness (QED) is 0.241. The highest BCUT2D eigenvalue weighted by atomic mass is 16.2. The number of nitrogens with one attached hydrogen (secondary N) is 3. The van der Waals surface area contributed by atoms with Gasteiger partial charge in [0.2, 0.25) is 5.91 Å². The number of fused-ring (bicyclic) bond motifs is 3. The van der Waals surface area contributed by atoms with E-state index < -0.39 is 5.41 Å². The number of carbonyl (C=O) groups is 2. The van der Waals surface area contributed by atoms with E-state index in [9.17, 15) is 14.9 Å². The Kier molecular flexibility index (Phi) is 9.09. The van der Waals surface area contributed by atoms with Crippen LogP contribution in [-0.2, 0) is 23.1 Å². The fraction of sp³-hybridized carbons (Fsp3) is 0.500. The number of carbonyl (C=O) groups excluding carboxylic acids is 2. The normalized spacial score (nSPS) is 25.7. The lowest BCUT2D eigenvalue weighted by molar-refractivity contribution is -0.131. The van der Waals surface area contributed by atoms with Crippen molar-refractivity contribution in [1.29, 1.82) is 5.26 Å². The second kappa shape index (κ2) is 12.7. The summed E-state index contributed by atoms with van der Waals surface area (Å²) in [5.74, 6) is 1.23. The Bertz CT molecular complexity index is 1500. The highest BCUT2D eigenvalue weighted by Crippen LogP contribution is 2.53. The summed E-state index contributed by atoms with van der Waals surface area (Å²) in [5.41, 5.74) is 13.0. The topological polar surface area (TPSA) is 136 Å².